The van der Waals surface area contributed by atoms with Crippen LogP contribution in [0.3, 0.4) is 0 Å². The summed E-state index contributed by atoms with van der Waals surface area (Å²) < 4.78 is 26.7. The lowest BCUT2D eigenvalue weighted by molar-refractivity contribution is 0.295. The van der Waals surface area contributed by atoms with Crippen LogP contribution >= 0.6 is 0 Å². The van der Waals surface area contributed by atoms with E-state index in [1.807, 2.05) is 24.3 Å². The van der Waals surface area contributed by atoms with E-state index in [0.717, 1.165) is 23.9 Å². The van der Waals surface area contributed by atoms with Gasteiger partial charge in [0.1, 0.15) is 0 Å². The fraction of sp³-hybridized carbons (Fsp3) is 0.333. The van der Waals surface area contributed by atoms with Crippen molar-refractivity contribution in [3.63, 3.8) is 0 Å². The Labute approximate surface area is 83.2 Å². The van der Waals surface area contributed by atoms with Gasteiger partial charge in [0.2, 0.25) is 0 Å². The van der Waals surface area contributed by atoms with E-state index in [9.17, 15) is 8.42 Å². The van der Waals surface area contributed by atoms with Crippen molar-refractivity contribution in [1.82, 2.24) is 0 Å². The summed E-state index contributed by atoms with van der Waals surface area (Å²) in [5.41, 5.74) is 1.97. The van der Waals surface area contributed by atoms with E-state index in [1.165, 1.54) is 5.06 Å². The Kier molecular flexibility index (Phi) is 2.20. The molecule has 0 saturated carbocycles. The predicted octanol–water partition coefficient (Wildman–Crippen LogP) is 0.940. The third-order valence-electron chi connectivity index (χ3n) is 2.07. The quantitative estimate of drug-likeness (QED) is 0.733. The Hall–Kier alpha value is -1.07. The number of benzene rings is 1. The molecule has 1 aliphatic rings. The van der Waals surface area contributed by atoms with E-state index in [4.69, 9.17) is 4.28 Å². The van der Waals surface area contributed by atoms with Gasteiger partial charge in [-0.15, -0.1) is 4.28 Å². The molecule has 2 rings (SSSR count). The van der Waals surface area contributed by atoms with Gasteiger partial charge in [-0.2, -0.15) is 8.42 Å². The van der Waals surface area contributed by atoms with Gasteiger partial charge in [0.15, 0.2) is 0 Å². The molecule has 14 heavy (non-hydrogen) atoms. The molecule has 5 heteroatoms. The van der Waals surface area contributed by atoms with Crippen LogP contribution in [0.1, 0.15) is 5.56 Å². The molecule has 0 saturated heterocycles. The van der Waals surface area contributed by atoms with Crippen molar-refractivity contribution in [3.05, 3.63) is 29.8 Å². The number of hydroxylamine groups is 1. The lowest BCUT2D eigenvalue weighted by atomic mass is 10.2. The molecule has 4 nitrogen and oxygen atoms in total. The van der Waals surface area contributed by atoms with E-state index in [1.54, 1.807) is 0 Å². The Morgan fingerprint density at radius 2 is 2.07 bits per heavy atom. The smallest absolute Gasteiger partial charge is 0.236 e. The lowest BCUT2D eigenvalue weighted by Gasteiger charge is -2.15. The standard InChI is InChI=1S/C9H11NO3S/c1-14(11,12)13-10-7-6-8-4-2-3-5-9(8)10/h2-5H,6-7H2,1H3. The van der Waals surface area contributed by atoms with Gasteiger partial charge in [0.05, 0.1) is 18.5 Å². The highest BCUT2D eigenvalue weighted by atomic mass is 32.2. The second kappa shape index (κ2) is 3.25. The van der Waals surface area contributed by atoms with Crippen LogP contribution in [-0.4, -0.2) is 21.2 Å². The second-order valence-corrected chi connectivity index (χ2v) is 4.82. The number of hydrogen-bond acceptors (Lipinski definition) is 4. The summed E-state index contributed by atoms with van der Waals surface area (Å²) in [6.07, 6.45) is 1.87. The number of para-hydroxylation sites is 1. The summed E-state index contributed by atoms with van der Waals surface area (Å²) >= 11 is 0. The minimum atomic E-state index is -3.42. The fourth-order valence-electron chi connectivity index (χ4n) is 1.55. The van der Waals surface area contributed by atoms with Crippen molar-refractivity contribution in [2.24, 2.45) is 0 Å². The van der Waals surface area contributed by atoms with Gasteiger partial charge in [0, 0.05) is 0 Å². The number of anilines is 1. The first-order chi connectivity index (χ1) is 6.56. The molecule has 0 bridgehead atoms. The van der Waals surface area contributed by atoms with Gasteiger partial charge in [-0.3, -0.25) is 0 Å². The SMILES string of the molecule is CS(=O)(=O)ON1CCc2ccccc21. The molecule has 0 fully saturated rings. The highest BCUT2D eigenvalue weighted by molar-refractivity contribution is 7.86. The Morgan fingerprint density at radius 1 is 1.36 bits per heavy atom. The largest absolute Gasteiger partial charge is 0.285 e. The van der Waals surface area contributed by atoms with Gasteiger partial charge in [-0.1, -0.05) is 18.2 Å². The summed E-state index contributed by atoms with van der Waals surface area (Å²) in [4.78, 5) is 0. The summed E-state index contributed by atoms with van der Waals surface area (Å²) in [5.74, 6) is 0. The summed E-state index contributed by atoms with van der Waals surface area (Å²) in [6, 6.07) is 7.63. The number of nitrogens with zero attached hydrogens (tertiary/aromatic N) is 1. The molecule has 1 aromatic carbocycles. The highest BCUT2D eigenvalue weighted by Gasteiger charge is 2.22. The van der Waals surface area contributed by atoms with Crippen molar-refractivity contribution < 1.29 is 12.7 Å². The van der Waals surface area contributed by atoms with Crippen molar-refractivity contribution >= 4 is 15.8 Å². The summed E-state index contributed by atoms with van der Waals surface area (Å²) in [7, 11) is -3.42. The van der Waals surface area contributed by atoms with Gasteiger partial charge < -0.3 is 0 Å². The Morgan fingerprint density at radius 3 is 2.79 bits per heavy atom. The maximum absolute atomic E-state index is 10.9. The number of fused-ring (bicyclic) bond motifs is 1. The summed E-state index contributed by atoms with van der Waals surface area (Å²) in [6.45, 7) is 0.590. The van der Waals surface area contributed by atoms with E-state index in [0.29, 0.717) is 6.54 Å². The molecule has 0 aromatic heterocycles. The zero-order chi connectivity index (χ0) is 10.2. The van der Waals surface area contributed by atoms with E-state index >= 15 is 0 Å². The van der Waals surface area contributed by atoms with Crippen molar-refractivity contribution in [2.75, 3.05) is 17.9 Å². The van der Waals surface area contributed by atoms with E-state index in [2.05, 4.69) is 0 Å². The molecule has 0 N–H and O–H groups in total. The third-order valence-corrected chi connectivity index (χ3v) is 2.52. The van der Waals surface area contributed by atoms with E-state index in [-0.39, 0.29) is 0 Å². The van der Waals surface area contributed by atoms with Gasteiger partial charge in [-0.05, 0) is 18.1 Å². The van der Waals surface area contributed by atoms with Crippen molar-refractivity contribution in [1.29, 1.82) is 0 Å². The van der Waals surface area contributed by atoms with Gasteiger partial charge in [0.25, 0.3) is 10.1 Å². The van der Waals surface area contributed by atoms with Crippen molar-refractivity contribution in [2.45, 2.75) is 6.42 Å². The summed E-state index contributed by atoms with van der Waals surface area (Å²) in [5, 5.41) is 1.42. The lowest BCUT2D eigenvalue weighted by Crippen LogP contribution is -2.24. The molecule has 0 radical (unpaired) electrons. The third kappa shape index (κ3) is 1.88. The predicted molar refractivity (Wildman–Crippen MR) is 53.4 cm³/mol. The minimum Gasteiger partial charge on any atom is -0.236 e. The molecule has 0 spiro atoms. The second-order valence-electron chi connectivity index (χ2n) is 3.26. The van der Waals surface area contributed by atoms with Gasteiger partial charge >= 0.3 is 0 Å². The van der Waals surface area contributed by atoms with Crippen LogP contribution in [0, 0.1) is 0 Å². The average molecular weight is 213 g/mol. The highest BCUT2D eigenvalue weighted by Crippen LogP contribution is 2.27. The molecule has 1 aromatic rings. The first-order valence-electron chi connectivity index (χ1n) is 4.31. The Balaban J connectivity index is 2.27. The van der Waals surface area contributed by atoms with Crippen LogP contribution in [0.2, 0.25) is 0 Å². The molecule has 1 heterocycles. The van der Waals surface area contributed by atoms with Crippen LogP contribution in [0.25, 0.3) is 0 Å². The molecule has 0 aliphatic carbocycles. The molecule has 1 aliphatic heterocycles. The zero-order valence-electron chi connectivity index (χ0n) is 7.80. The van der Waals surface area contributed by atoms with Gasteiger partial charge in [-0.25, -0.2) is 5.06 Å². The number of hydrogen-bond donors (Lipinski definition) is 0. The minimum absolute atomic E-state index is 0.590. The van der Waals surface area contributed by atoms with Crippen LogP contribution in [-0.2, 0) is 20.8 Å². The van der Waals surface area contributed by atoms with Crippen LogP contribution < -0.4 is 5.06 Å². The monoisotopic (exact) mass is 213 g/mol. The number of rotatable bonds is 2. The zero-order valence-corrected chi connectivity index (χ0v) is 8.62. The maximum atomic E-state index is 10.9. The molecule has 0 atom stereocenters. The average Bonchev–Trinajstić information content (AvgIpc) is 2.47. The van der Waals surface area contributed by atoms with Crippen LogP contribution in [0.4, 0.5) is 5.69 Å². The topological polar surface area (TPSA) is 46.6 Å². The fourth-order valence-corrected chi connectivity index (χ4v) is 2.03. The molecule has 76 valence electrons. The molecular formula is C9H11NO3S. The Bertz CT molecular complexity index is 441. The van der Waals surface area contributed by atoms with Crippen molar-refractivity contribution in [3.8, 4) is 0 Å². The van der Waals surface area contributed by atoms with Crippen LogP contribution in [0.5, 0.6) is 0 Å². The van der Waals surface area contributed by atoms with Crippen LogP contribution in [0.15, 0.2) is 24.3 Å². The van der Waals surface area contributed by atoms with E-state index < -0.39 is 10.1 Å². The molecule has 0 unspecified atom stereocenters. The maximum Gasteiger partial charge on any atom is 0.285 e. The molecular weight excluding hydrogens is 202 g/mol. The molecule has 0 amide bonds. The normalized spacial score (nSPS) is 15.6. The first kappa shape index (κ1) is 9.48. The first-order valence-corrected chi connectivity index (χ1v) is 6.13.